The first-order valence-corrected chi connectivity index (χ1v) is 4.57. The molecule has 0 spiro atoms. The van der Waals surface area contributed by atoms with Crippen molar-refractivity contribution in [1.29, 1.82) is 0 Å². The van der Waals surface area contributed by atoms with E-state index in [9.17, 15) is 0 Å². The smallest absolute Gasteiger partial charge is 0.215 e. The molecule has 5 heteroatoms. The molecule has 0 aliphatic heterocycles. The number of aromatic nitrogens is 3. The fourth-order valence-corrected chi connectivity index (χ4v) is 1.72. The third kappa shape index (κ3) is 1.19. The Bertz CT molecular complexity index is 452. The Balaban J connectivity index is 2.88. The van der Waals surface area contributed by atoms with E-state index in [1.165, 1.54) is 0 Å². The molecule has 2 heterocycles. The van der Waals surface area contributed by atoms with Gasteiger partial charge in [-0.05, 0) is 35.0 Å². The molecule has 0 N–H and O–H groups in total. The summed E-state index contributed by atoms with van der Waals surface area (Å²) in [4.78, 5) is 0. The van der Waals surface area contributed by atoms with Gasteiger partial charge in [0, 0.05) is 0 Å². The van der Waals surface area contributed by atoms with E-state index in [2.05, 4.69) is 26.1 Å². The molecule has 0 atom stereocenters. The van der Waals surface area contributed by atoms with E-state index < -0.39 is 0 Å². The predicted octanol–water partition coefficient (Wildman–Crippen LogP) is 1.81. The van der Waals surface area contributed by atoms with Crippen LogP contribution in [-0.2, 0) is 0 Å². The first kappa shape index (κ1) is 8.50. The van der Waals surface area contributed by atoms with Gasteiger partial charge in [0.25, 0.3) is 0 Å². The number of hydrogen-bond donors (Lipinski definition) is 0. The van der Waals surface area contributed by atoms with Gasteiger partial charge in [0.2, 0.25) is 5.88 Å². The third-order valence-corrected chi connectivity index (χ3v) is 2.43. The van der Waals surface area contributed by atoms with Crippen LogP contribution in [0.4, 0.5) is 0 Å². The van der Waals surface area contributed by atoms with Gasteiger partial charge in [0.1, 0.15) is 5.82 Å². The molecule has 0 saturated carbocycles. The van der Waals surface area contributed by atoms with Crippen molar-refractivity contribution in [3.63, 3.8) is 0 Å². The Morgan fingerprint density at radius 1 is 1.38 bits per heavy atom. The van der Waals surface area contributed by atoms with Gasteiger partial charge in [-0.15, -0.1) is 10.2 Å². The number of hydrogen-bond acceptors (Lipinski definition) is 3. The van der Waals surface area contributed by atoms with Crippen LogP contribution in [0.1, 0.15) is 5.82 Å². The SMILES string of the molecule is COc1c(Br)ccc2nnc(C)n12. The number of rotatable bonds is 1. The van der Waals surface area contributed by atoms with Gasteiger partial charge >= 0.3 is 0 Å². The van der Waals surface area contributed by atoms with E-state index in [4.69, 9.17) is 4.74 Å². The summed E-state index contributed by atoms with van der Waals surface area (Å²) < 4.78 is 7.98. The van der Waals surface area contributed by atoms with Crippen LogP contribution in [0.5, 0.6) is 5.88 Å². The molecular weight excluding hydrogens is 234 g/mol. The van der Waals surface area contributed by atoms with Crippen LogP contribution in [-0.4, -0.2) is 21.7 Å². The van der Waals surface area contributed by atoms with Gasteiger partial charge < -0.3 is 4.74 Å². The quantitative estimate of drug-likeness (QED) is 0.765. The highest BCUT2D eigenvalue weighted by molar-refractivity contribution is 9.10. The summed E-state index contributed by atoms with van der Waals surface area (Å²) in [6.07, 6.45) is 0. The van der Waals surface area contributed by atoms with Crippen molar-refractivity contribution in [3.05, 3.63) is 22.4 Å². The van der Waals surface area contributed by atoms with Crippen molar-refractivity contribution < 1.29 is 4.74 Å². The first-order valence-electron chi connectivity index (χ1n) is 3.78. The first-order chi connectivity index (χ1) is 6.24. The number of halogens is 1. The van der Waals surface area contributed by atoms with E-state index in [-0.39, 0.29) is 0 Å². The maximum absolute atomic E-state index is 5.23. The number of fused-ring (bicyclic) bond motifs is 1. The molecule has 2 aromatic heterocycles. The van der Waals surface area contributed by atoms with Crippen LogP contribution in [0.3, 0.4) is 0 Å². The lowest BCUT2D eigenvalue weighted by molar-refractivity contribution is 0.388. The van der Waals surface area contributed by atoms with Gasteiger partial charge in [0.05, 0.1) is 11.6 Å². The van der Waals surface area contributed by atoms with Crippen LogP contribution in [0.2, 0.25) is 0 Å². The highest BCUT2D eigenvalue weighted by Crippen LogP contribution is 2.25. The molecule has 13 heavy (non-hydrogen) atoms. The number of aryl methyl sites for hydroxylation is 1. The summed E-state index contributed by atoms with van der Waals surface area (Å²) in [6.45, 7) is 1.88. The molecular formula is C8H8BrN3O. The monoisotopic (exact) mass is 241 g/mol. The van der Waals surface area contributed by atoms with Crippen LogP contribution < -0.4 is 4.74 Å². The lowest BCUT2D eigenvalue weighted by Gasteiger charge is -2.05. The topological polar surface area (TPSA) is 39.4 Å². The molecule has 2 rings (SSSR count). The minimum Gasteiger partial charge on any atom is -0.481 e. The molecule has 4 nitrogen and oxygen atoms in total. The molecule has 0 aromatic carbocycles. The van der Waals surface area contributed by atoms with Gasteiger partial charge in [0.15, 0.2) is 5.65 Å². The van der Waals surface area contributed by atoms with Gasteiger partial charge in [-0.25, -0.2) is 4.40 Å². The summed E-state index contributed by atoms with van der Waals surface area (Å²) in [7, 11) is 1.62. The van der Waals surface area contributed by atoms with Crippen LogP contribution in [0.15, 0.2) is 16.6 Å². The van der Waals surface area contributed by atoms with Crippen LogP contribution >= 0.6 is 15.9 Å². The second kappa shape index (κ2) is 2.99. The average Bonchev–Trinajstić information content (AvgIpc) is 2.49. The molecule has 0 bridgehead atoms. The molecule has 68 valence electrons. The number of nitrogens with zero attached hydrogens (tertiary/aromatic N) is 3. The van der Waals surface area contributed by atoms with Crippen LogP contribution in [0, 0.1) is 6.92 Å². The lowest BCUT2D eigenvalue weighted by Crippen LogP contribution is -1.96. The number of pyridine rings is 1. The van der Waals surface area contributed by atoms with Crippen molar-refractivity contribution in [2.24, 2.45) is 0 Å². The van der Waals surface area contributed by atoms with Crippen molar-refractivity contribution in [1.82, 2.24) is 14.6 Å². The van der Waals surface area contributed by atoms with E-state index in [0.717, 1.165) is 21.8 Å². The van der Waals surface area contributed by atoms with E-state index in [1.807, 2.05) is 23.5 Å². The zero-order valence-electron chi connectivity index (χ0n) is 7.28. The highest BCUT2D eigenvalue weighted by Gasteiger charge is 2.09. The summed E-state index contributed by atoms with van der Waals surface area (Å²) >= 11 is 3.40. The second-order valence-corrected chi connectivity index (χ2v) is 3.49. The van der Waals surface area contributed by atoms with Crippen molar-refractivity contribution in [2.75, 3.05) is 7.11 Å². The number of methoxy groups -OCH3 is 1. The maximum Gasteiger partial charge on any atom is 0.215 e. The Morgan fingerprint density at radius 3 is 2.85 bits per heavy atom. The van der Waals surface area contributed by atoms with E-state index in [0.29, 0.717) is 0 Å². The molecule has 2 aromatic rings. The molecule has 0 aliphatic rings. The summed E-state index contributed by atoms with van der Waals surface area (Å²) in [6, 6.07) is 3.77. The zero-order chi connectivity index (χ0) is 9.42. The van der Waals surface area contributed by atoms with Crippen molar-refractivity contribution >= 4 is 21.6 Å². The highest BCUT2D eigenvalue weighted by atomic mass is 79.9. The average molecular weight is 242 g/mol. The van der Waals surface area contributed by atoms with Gasteiger partial charge in [-0.3, -0.25) is 0 Å². The molecule has 0 aliphatic carbocycles. The van der Waals surface area contributed by atoms with Crippen molar-refractivity contribution in [2.45, 2.75) is 6.92 Å². The number of ether oxygens (including phenoxy) is 1. The van der Waals surface area contributed by atoms with Crippen LogP contribution in [0.25, 0.3) is 5.65 Å². The van der Waals surface area contributed by atoms with E-state index in [1.54, 1.807) is 7.11 Å². The second-order valence-electron chi connectivity index (χ2n) is 2.63. The maximum atomic E-state index is 5.23. The van der Waals surface area contributed by atoms with Gasteiger partial charge in [-0.1, -0.05) is 0 Å². The molecule has 0 fully saturated rings. The zero-order valence-corrected chi connectivity index (χ0v) is 8.87. The standard InChI is InChI=1S/C8H8BrN3O/c1-5-10-11-7-4-3-6(9)8(13-2)12(5)7/h3-4H,1-2H3. The minimum absolute atomic E-state index is 0.722. The Morgan fingerprint density at radius 2 is 2.15 bits per heavy atom. The Kier molecular flexibility index (Phi) is 1.95. The molecule has 0 amide bonds. The fourth-order valence-electron chi connectivity index (χ4n) is 1.25. The molecule has 0 unspecified atom stereocenters. The molecule has 0 radical (unpaired) electrons. The molecule has 0 saturated heterocycles. The Labute approximate surface area is 83.7 Å². The predicted molar refractivity (Wildman–Crippen MR) is 52.0 cm³/mol. The lowest BCUT2D eigenvalue weighted by atomic mass is 10.4. The van der Waals surface area contributed by atoms with Gasteiger partial charge in [-0.2, -0.15) is 0 Å². The van der Waals surface area contributed by atoms with E-state index >= 15 is 0 Å². The summed E-state index contributed by atoms with van der Waals surface area (Å²) in [5.41, 5.74) is 0.789. The summed E-state index contributed by atoms with van der Waals surface area (Å²) in [5.74, 6) is 1.54. The fraction of sp³-hybridized carbons (Fsp3) is 0.250. The summed E-state index contributed by atoms with van der Waals surface area (Å²) in [5, 5.41) is 7.94. The third-order valence-electron chi connectivity index (χ3n) is 1.83. The van der Waals surface area contributed by atoms with Crippen molar-refractivity contribution in [3.8, 4) is 5.88 Å². The normalized spacial score (nSPS) is 10.7. The minimum atomic E-state index is 0.722. The largest absolute Gasteiger partial charge is 0.481 e. The Hall–Kier alpha value is -1.10.